The molecule has 1 aliphatic heterocycles. The van der Waals surface area contributed by atoms with Gasteiger partial charge in [0.2, 0.25) is 0 Å². The van der Waals surface area contributed by atoms with E-state index in [1.807, 2.05) is 12.3 Å². The molecule has 1 N–H and O–H groups in total. The van der Waals surface area contributed by atoms with Crippen molar-refractivity contribution in [2.75, 3.05) is 39.9 Å². The van der Waals surface area contributed by atoms with E-state index in [1.54, 1.807) is 6.26 Å². The second kappa shape index (κ2) is 7.25. The van der Waals surface area contributed by atoms with Crippen molar-refractivity contribution in [3.63, 3.8) is 0 Å². The third-order valence-electron chi connectivity index (χ3n) is 3.88. The minimum atomic E-state index is 0.257. The quantitative estimate of drug-likeness (QED) is 0.793. The molecule has 4 nitrogen and oxygen atoms in total. The third-order valence-corrected chi connectivity index (χ3v) is 3.88. The second-order valence-electron chi connectivity index (χ2n) is 6.63. The van der Waals surface area contributed by atoms with Crippen LogP contribution in [0.3, 0.4) is 0 Å². The Balaban J connectivity index is 1.84. The molecule has 1 aromatic heterocycles. The predicted molar refractivity (Wildman–Crippen MR) is 80.6 cm³/mol. The number of hydrogen-bond donors (Lipinski definition) is 1. The van der Waals surface area contributed by atoms with Crippen molar-refractivity contribution in [1.29, 1.82) is 0 Å². The molecule has 0 radical (unpaired) electrons. The van der Waals surface area contributed by atoms with Gasteiger partial charge in [-0.1, -0.05) is 13.8 Å². The summed E-state index contributed by atoms with van der Waals surface area (Å²) in [6, 6.07) is 2.03. The van der Waals surface area contributed by atoms with Gasteiger partial charge in [-0.2, -0.15) is 0 Å². The minimum absolute atomic E-state index is 0.257. The van der Waals surface area contributed by atoms with Gasteiger partial charge in [-0.05, 0) is 32.0 Å². The highest BCUT2D eigenvalue weighted by atomic mass is 16.5. The first kappa shape index (κ1) is 15.5. The Morgan fingerprint density at radius 3 is 2.90 bits per heavy atom. The average Bonchev–Trinajstić information content (AvgIpc) is 3.01. The lowest BCUT2D eigenvalue weighted by molar-refractivity contribution is 0.116. The third kappa shape index (κ3) is 4.62. The smallest absolute Gasteiger partial charge is 0.0947 e. The van der Waals surface area contributed by atoms with Gasteiger partial charge in [-0.3, -0.25) is 0 Å². The monoisotopic (exact) mass is 280 g/mol. The molecule has 1 saturated heterocycles. The van der Waals surface area contributed by atoms with E-state index in [9.17, 15) is 0 Å². The molecule has 1 atom stereocenters. The van der Waals surface area contributed by atoms with Gasteiger partial charge in [0, 0.05) is 37.2 Å². The fourth-order valence-corrected chi connectivity index (χ4v) is 2.92. The first-order valence-electron chi connectivity index (χ1n) is 7.58. The molecule has 0 saturated carbocycles. The SMILES string of the molecule is CC(C)CNCC1(CN(C)Cc2ccoc2)CCOC1. The lowest BCUT2D eigenvalue weighted by Crippen LogP contribution is -2.44. The summed E-state index contributed by atoms with van der Waals surface area (Å²) in [7, 11) is 2.18. The summed E-state index contributed by atoms with van der Waals surface area (Å²) in [6.45, 7) is 10.4. The molecular formula is C16H28N2O2. The number of nitrogens with zero attached hydrogens (tertiary/aromatic N) is 1. The summed E-state index contributed by atoms with van der Waals surface area (Å²) < 4.78 is 10.8. The molecule has 2 rings (SSSR count). The fraction of sp³-hybridized carbons (Fsp3) is 0.750. The number of nitrogens with one attached hydrogen (secondary N) is 1. The van der Waals surface area contributed by atoms with Gasteiger partial charge in [-0.25, -0.2) is 0 Å². The zero-order valence-electron chi connectivity index (χ0n) is 13.0. The van der Waals surface area contributed by atoms with Crippen molar-refractivity contribution in [2.45, 2.75) is 26.8 Å². The molecule has 4 heteroatoms. The van der Waals surface area contributed by atoms with Crippen LogP contribution in [0.25, 0.3) is 0 Å². The summed E-state index contributed by atoms with van der Waals surface area (Å²) in [4.78, 5) is 2.37. The lowest BCUT2D eigenvalue weighted by atomic mass is 9.86. The average molecular weight is 280 g/mol. The first-order valence-corrected chi connectivity index (χ1v) is 7.58. The van der Waals surface area contributed by atoms with Crippen LogP contribution in [0.15, 0.2) is 23.0 Å². The van der Waals surface area contributed by atoms with Gasteiger partial charge in [0.1, 0.15) is 0 Å². The summed E-state index contributed by atoms with van der Waals surface area (Å²) in [5.74, 6) is 0.693. The van der Waals surface area contributed by atoms with Crippen LogP contribution in [0.2, 0.25) is 0 Å². The maximum absolute atomic E-state index is 5.67. The molecule has 1 aromatic rings. The van der Waals surface area contributed by atoms with Crippen LogP contribution in [0.4, 0.5) is 0 Å². The number of rotatable bonds is 8. The largest absolute Gasteiger partial charge is 0.472 e. The maximum Gasteiger partial charge on any atom is 0.0947 e. The molecular weight excluding hydrogens is 252 g/mol. The standard InChI is InChI=1S/C16H28N2O2/c1-14(2)8-17-11-16(5-7-20-13-16)12-18(3)9-15-4-6-19-10-15/h4,6,10,14,17H,5,7-9,11-13H2,1-3H3. The summed E-state index contributed by atoms with van der Waals surface area (Å²) in [5, 5.41) is 3.61. The van der Waals surface area contributed by atoms with Crippen molar-refractivity contribution in [3.8, 4) is 0 Å². The van der Waals surface area contributed by atoms with Gasteiger partial charge < -0.3 is 19.4 Å². The van der Waals surface area contributed by atoms with Crippen LogP contribution in [0, 0.1) is 11.3 Å². The minimum Gasteiger partial charge on any atom is -0.472 e. The molecule has 0 bridgehead atoms. The van der Waals surface area contributed by atoms with Gasteiger partial charge in [0.25, 0.3) is 0 Å². The van der Waals surface area contributed by atoms with E-state index in [1.165, 1.54) is 5.56 Å². The van der Waals surface area contributed by atoms with Gasteiger partial charge in [0.15, 0.2) is 0 Å². The predicted octanol–water partition coefficient (Wildman–Crippen LogP) is 2.36. The normalized spacial score (nSPS) is 23.1. The van der Waals surface area contributed by atoms with E-state index in [-0.39, 0.29) is 5.41 Å². The van der Waals surface area contributed by atoms with Crippen LogP contribution in [-0.2, 0) is 11.3 Å². The highest BCUT2D eigenvalue weighted by Crippen LogP contribution is 2.29. The molecule has 20 heavy (non-hydrogen) atoms. The van der Waals surface area contributed by atoms with Gasteiger partial charge in [0.05, 0.1) is 19.1 Å². The Labute approximate surface area is 122 Å². The molecule has 0 amide bonds. The Hall–Kier alpha value is -0.840. The zero-order valence-corrected chi connectivity index (χ0v) is 13.0. The number of hydrogen-bond acceptors (Lipinski definition) is 4. The van der Waals surface area contributed by atoms with Crippen molar-refractivity contribution < 1.29 is 9.15 Å². The van der Waals surface area contributed by atoms with Crippen molar-refractivity contribution >= 4 is 0 Å². The highest BCUT2D eigenvalue weighted by molar-refractivity contribution is 5.05. The van der Waals surface area contributed by atoms with E-state index < -0.39 is 0 Å². The van der Waals surface area contributed by atoms with E-state index in [0.717, 1.165) is 45.8 Å². The summed E-state index contributed by atoms with van der Waals surface area (Å²) >= 11 is 0. The molecule has 0 aromatic carbocycles. The van der Waals surface area contributed by atoms with E-state index in [0.29, 0.717) is 5.92 Å². The molecule has 0 aliphatic carbocycles. The van der Waals surface area contributed by atoms with E-state index >= 15 is 0 Å². The molecule has 1 unspecified atom stereocenters. The molecule has 1 fully saturated rings. The van der Waals surface area contributed by atoms with Crippen LogP contribution in [0.5, 0.6) is 0 Å². The number of ether oxygens (including phenoxy) is 1. The van der Waals surface area contributed by atoms with Crippen LogP contribution in [0.1, 0.15) is 25.8 Å². The van der Waals surface area contributed by atoms with Gasteiger partial charge >= 0.3 is 0 Å². The Bertz CT molecular complexity index is 370. The van der Waals surface area contributed by atoms with E-state index in [2.05, 4.69) is 31.1 Å². The van der Waals surface area contributed by atoms with Crippen molar-refractivity contribution in [2.24, 2.45) is 11.3 Å². The first-order chi connectivity index (χ1) is 9.60. The van der Waals surface area contributed by atoms with Crippen LogP contribution in [-0.4, -0.2) is 44.8 Å². The maximum atomic E-state index is 5.67. The van der Waals surface area contributed by atoms with Crippen LogP contribution < -0.4 is 5.32 Å². The Kier molecular flexibility index (Phi) is 5.64. The topological polar surface area (TPSA) is 37.6 Å². The summed E-state index contributed by atoms with van der Waals surface area (Å²) in [6.07, 6.45) is 4.71. The summed E-state index contributed by atoms with van der Waals surface area (Å²) in [5.41, 5.74) is 1.49. The zero-order chi connectivity index (χ0) is 14.4. The van der Waals surface area contributed by atoms with Crippen molar-refractivity contribution in [3.05, 3.63) is 24.2 Å². The highest BCUT2D eigenvalue weighted by Gasteiger charge is 2.35. The van der Waals surface area contributed by atoms with Gasteiger partial charge in [-0.15, -0.1) is 0 Å². The molecule has 2 heterocycles. The number of furan rings is 1. The molecule has 0 spiro atoms. The Morgan fingerprint density at radius 1 is 1.45 bits per heavy atom. The van der Waals surface area contributed by atoms with E-state index in [4.69, 9.17) is 9.15 Å². The van der Waals surface area contributed by atoms with Crippen LogP contribution >= 0.6 is 0 Å². The molecule has 1 aliphatic rings. The lowest BCUT2D eigenvalue weighted by Gasteiger charge is -2.32. The van der Waals surface area contributed by atoms with Crippen molar-refractivity contribution in [1.82, 2.24) is 10.2 Å². The second-order valence-corrected chi connectivity index (χ2v) is 6.63. The Morgan fingerprint density at radius 2 is 2.30 bits per heavy atom. The molecule has 114 valence electrons. The fourth-order valence-electron chi connectivity index (χ4n) is 2.92.